The number of rotatable bonds is 7. The largest absolute Gasteiger partial charge is 0.493 e. The zero-order chi connectivity index (χ0) is 18.5. The van der Waals surface area contributed by atoms with Crippen LogP contribution in [0.2, 0.25) is 0 Å². The van der Waals surface area contributed by atoms with Crippen LogP contribution in [0.15, 0.2) is 23.6 Å². The number of benzene rings is 1. The molecule has 1 aromatic carbocycles. The standard InChI is InChI=1S/C17H18N2O5S2/c1-22-13-4-3-11(7-14(13)23-2)16-18-12(10-26-16)9-24-15(20)8-19-5-6-25-17(19)21/h3-4,7,10H,5-6,8-9H2,1-2H3. The number of hydrogen-bond donors (Lipinski definition) is 0. The monoisotopic (exact) mass is 394 g/mol. The molecule has 0 unspecified atom stereocenters. The van der Waals surface area contributed by atoms with Crippen LogP contribution in [-0.2, 0) is 16.1 Å². The molecule has 0 bridgehead atoms. The number of ether oxygens (including phenoxy) is 3. The van der Waals surface area contributed by atoms with Gasteiger partial charge in [0.2, 0.25) is 0 Å². The van der Waals surface area contributed by atoms with Crippen LogP contribution < -0.4 is 9.47 Å². The summed E-state index contributed by atoms with van der Waals surface area (Å²) in [6.45, 7) is 0.648. The molecule has 9 heteroatoms. The normalized spacial score (nSPS) is 13.8. The lowest BCUT2D eigenvalue weighted by Gasteiger charge is -2.12. The third kappa shape index (κ3) is 4.28. The smallest absolute Gasteiger partial charge is 0.326 e. The molecule has 2 aromatic rings. The Bertz CT molecular complexity index is 808. The van der Waals surface area contributed by atoms with E-state index < -0.39 is 5.97 Å². The first kappa shape index (κ1) is 18.5. The average Bonchev–Trinajstić information content (AvgIpc) is 3.29. The summed E-state index contributed by atoms with van der Waals surface area (Å²) in [6, 6.07) is 5.57. The Morgan fingerprint density at radius 2 is 2.08 bits per heavy atom. The number of methoxy groups -OCH3 is 2. The number of amides is 1. The highest BCUT2D eigenvalue weighted by atomic mass is 32.2. The summed E-state index contributed by atoms with van der Waals surface area (Å²) in [6.07, 6.45) is 0. The summed E-state index contributed by atoms with van der Waals surface area (Å²) < 4.78 is 15.8. The lowest BCUT2D eigenvalue weighted by Crippen LogP contribution is -2.30. The van der Waals surface area contributed by atoms with Crippen LogP contribution in [0.1, 0.15) is 5.69 Å². The molecule has 2 heterocycles. The number of aromatic nitrogens is 1. The molecule has 0 spiro atoms. The lowest BCUT2D eigenvalue weighted by atomic mass is 10.2. The molecule has 1 aromatic heterocycles. The number of thiazole rings is 1. The SMILES string of the molecule is COc1ccc(-c2nc(COC(=O)CN3CCSC3=O)cs2)cc1OC. The van der Waals surface area contributed by atoms with Gasteiger partial charge in [0, 0.05) is 23.2 Å². The lowest BCUT2D eigenvalue weighted by molar-refractivity contribution is -0.145. The predicted molar refractivity (Wildman–Crippen MR) is 99.9 cm³/mol. The Morgan fingerprint density at radius 1 is 1.27 bits per heavy atom. The van der Waals surface area contributed by atoms with E-state index in [0.29, 0.717) is 29.5 Å². The second-order valence-electron chi connectivity index (χ2n) is 5.41. The van der Waals surface area contributed by atoms with Gasteiger partial charge in [0.15, 0.2) is 11.5 Å². The molecule has 0 atom stereocenters. The summed E-state index contributed by atoms with van der Waals surface area (Å²) in [5.74, 6) is 1.56. The van der Waals surface area contributed by atoms with Crippen molar-refractivity contribution in [1.82, 2.24) is 9.88 Å². The Morgan fingerprint density at radius 3 is 2.77 bits per heavy atom. The molecule has 1 saturated heterocycles. The molecular weight excluding hydrogens is 376 g/mol. The zero-order valence-corrected chi connectivity index (χ0v) is 16.0. The van der Waals surface area contributed by atoms with Gasteiger partial charge in [-0.2, -0.15) is 0 Å². The van der Waals surface area contributed by atoms with Gasteiger partial charge >= 0.3 is 5.97 Å². The van der Waals surface area contributed by atoms with Crippen molar-refractivity contribution in [3.63, 3.8) is 0 Å². The summed E-state index contributed by atoms with van der Waals surface area (Å²) in [7, 11) is 3.17. The fraction of sp³-hybridized carbons (Fsp3) is 0.353. The molecule has 0 N–H and O–H groups in total. The van der Waals surface area contributed by atoms with Crippen molar-refractivity contribution >= 4 is 34.3 Å². The van der Waals surface area contributed by atoms with E-state index in [1.807, 2.05) is 23.6 Å². The Balaban J connectivity index is 1.59. The Hall–Kier alpha value is -2.26. The molecule has 1 aliphatic rings. The van der Waals surface area contributed by atoms with E-state index in [1.54, 1.807) is 14.2 Å². The van der Waals surface area contributed by atoms with Crippen LogP contribution in [0.3, 0.4) is 0 Å². The highest BCUT2D eigenvalue weighted by molar-refractivity contribution is 8.13. The minimum atomic E-state index is -0.429. The molecule has 26 heavy (non-hydrogen) atoms. The summed E-state index contributed by atoms with van der Waals surface area (Å²) in [5.41, 5.74) is 1.56. The maximum absolute atomic E-state index is 11.9. The molecule has 1 amide bonds. The fourth-order valence-electron chi connectivity index (χ4n) is 2.40. The maximum Gasteiger partial charge on any atom is 0.326 e. The van der Waals surface area contributed by atoms with E-state index in [4.69, 9.17) is 14.2 Å². The van der Waals surface area contributed by atoms with E-state index in [0.717, 1.165) is 10.6 Å². The van der Waals surface area contributed by atoms with Crippen molar-refractivity contribution in [2.75, 3.05) is 33.1 Å². The Kier molecular flexibility index (Phi) is 6.00. The highest BCUT2D eigenvalue weighted by Crippen LogP contribution is 2.33. The van der Waals surface area contributed by atoms with Gasteiger partial charge in [0.25, 0.3) is 5.24 Å². The average molecular weight is 394 g/mol. The van der Waals surface area contributed by atoms with Crippen molar-refractivity contribution in [3.8, 4) is 22.1 Å². The first-order valence-corrected chi connectivity index (χ1v) is 9.71. The van der Waals surface area contributed by atoms with Crippen LogP contribution in [0.25, 0.3) is 10.6 Å². The van der Waals surface area contributed by atoms with Gasteiger partial charge in [-0.15, -0.1) is 11.3 Å². The van der Waals surface area contributed by atoms with Gasteiger partial charge in [0.05, 0.1) is 19.9 Å². The first-order chi connectivity index (χ1) is 12.6. The van der Waals surface area contributed by atoms with E-state index in [9.17, 15) is 9.59 Å². The van der Waals surface area contributed by atoms with Crippen LogP contribution in [-0.4, -0.2) is 54.2 Å². The van der Waals surface area contributed by atoms with E-state index in [1.165, 1.54) is 28.0 Å². The number of carbonyl (C=O) groups excluding carboxylic acids is 2. The number of hydrogen-bond acceptors (Lipinski definition) is 8. The number of esters is 1. The zero-order valence-electron chi connectivity index (χ0n) is 14.4. The quantitative estimate of drug-likeness (QED) is 0.668. The van der Waals surface area contributed by atoms with Crippen molar-refractivity contribution in [2.24, 2.45) is 0 Å². The van der Waals surface area contributed by atoms with Gasteiger partial charge in [-0.1, -0.05) is 11.8 Å². The molecule has 3 rings (SSSR count). The molecule has 7 nitrogen and oxygen atoms in total. The van der Waals surface area contributed by atoms with E-state index >= 15 is 0 Å². The van der Waals surface area contributed by atoms with E-state index in [2.05, 4.69) is 4.98 Å². The number of nitrogens with zero attached hydrogens (tertiary/aromatic N) is 2. The van der Waals surface area contributed by atoms with Crippen LogP contribution in [0, 0.1) is 0 Å². The minimum absolute atomic E-state index is 0.0154. The van der Waals surface area contributed by atoms with Gasteiger partial charge in [-0.05, 0) is 18.2 Å². The number of thioether (sulfide) groups is 1. The fourth-order valence-corrected chi connectivity index (χ4v) is 4.03. The van der Waals surface area contributed by atoms with Crippen molar-refractivity contribution in [1.29, 1.82) is 0 Å². The molecule has 138 valence electrons. The molecule has 1 fully saturated rings. The molecule has 0 saturated carbocycles. The first-order valence-electron chi connectivity index (χ1n) is 7.85. The van der Waals surface area contributed by atoms with Gasteiger partial charge in [0.1, 0.15) is 18.2 Å². The van der Waals surface area contributed by atoms with Crippen molar-refractivity contribution in [2.45, 2.75) is 6.61 Å². The third-order valence-corrected chi connectivity index (χ3v) is 5.56. The summed E-state index contributed by atoms with van der Waals surface area (Å²) in [4.78, 5) is 29.3. The van der Waals surface area contributed by atoms with Crippen LogP contribution >= 0.6 is 23.1 Å². The second-order valence-corrected chi connectivity index (χ2v) is 7.31. The van der Waals surface area contributed by atoms with Gasteiger partial charge < -0.3 is 19.1 Å². The predicted octanol–water partition coefficient (Wildman–Crippen LogP) is 3.04. The molecule has 0 radical (unpaired) electrons. The van der Waals surface area contributed by atoms with Crippen molar-refractivity contribution < 1.29 is 23.8 Å². The third-order valence-electron chi connectivity index (χ3n) is 3.73. The Labute approximate surface area is 159 Å². The van der Waals surface area contributed by atoms with Gasteiger partial charge in [-0.25, -0.2) is 4.98 Å². The maximum atomic E-state index is 11.9. The van der Waals surface area contributed by atoms with Crippen molar-refractivity contribution in [3.05, 3.63) is 29.3 Å². The topological polar surface area (TPSA) is 78.0 Å². The van der Waals surface area contributed by atoms with E-state index in [-0.39, 0.29) is 18.4 Å². The van der Waals surface area contributed by atoms with Crippen LogP contribution in [0.4, 0.5) is 4.79 Å². The van der Waals surface area contributed by atoms with Gasteiger partial charge in [-0.3, -0.25) is 9.59 Å². The second kappa shape index (κ2) is 8.41. The number of carbonyl (C=O) groups is 2. The van der Waals surface area contributed by atoms with Crippen LogP contribution in [0.5, 0.6) is 11.5 Å². The summed E-state index contributed by atoms with van der Waals surface area (Å²) >= 11 is 2.67. The highest BCUT2D eigenvalue weighted by Gasteiger charge is 2.24. The summed E-state index contributed by atoms with van der Waals surface area (Å²) in [5, 5.41) is 2.56. The molecule has 1 aliphatic heterocycles. The molecule has 0 aliphatic carbocycles. The minimum Gasteiger partial charge on any atom is -0.493 e. The molecular formula is C17H18N2O5S2.